The van der Waals surface area contributed by atoms with Crippen LogP contribution < -0.4 is 0 Å². The zero-order valence-corrected chi connectivity index (χ0v) is 30.4. The molecule has 0 bridgehead atoms. The molecule has 0 N–H and O–H groups in total. The van der Waals surface area contributed by atoms with E-state index in [0.29, 0.717) is 23.3 Å². The molecule has 1 amide bonds. The van der Waals surface area contributed by atoms with Gasteiger partial charge in [0.25, 0.3) is 0 Å². The Morgan fingerprint density at radius 1 is 0.900 bits per heavy atom. The molecule has 2 nitrogen and oxygen atoms in total. The molecule has 0 spiro atoms. The average molecular weight is 798 g/mol. The minimum Gasteiger partial charge on any atom is -0.283 e. The zero-order valence-electron chi connectivity index (χ0n) is 20.7. The maximum Gasteiger partial charge on any atom is 0.232 e. The number of hydrogen-bond acceptors (Lipinski definition) is 2. The van der Waals surface area contributed by atoms with Crippen molar-refractivity contribution in [2.24, 2.45) is 16.7 Å². The van der Waals surface area contributed by atoms with Crippen LogP contribution >= 0.6 is 11.9 Å². The first kappa shape index (κ1) is 29.6. The SMILES string of the molecule is CCCCCCCCCCCCCCC(=O)N1SCC2(C)C1CC(C)C2(C)C.[Rf].[Sb]. The molecule has 171 valence electrons. The first-order valence-corrected chi connectivity index (χ1v) is 13.2. The van der Waals surface area contributed by atoms with Crippen molar-refractivity contribution in [1.82, 2.24) is 4.31 Å². The van der Waals surface area contributed by atoms with E-state index in [-0.39, 0.29) is 29.8 Å². The molecule has 2 rings (SSSR count). The minimum atomic E-state index is 0. The molecule has 1 saturated heterocycles. The monoisotopic (exact) mass is 797 g/mol. The minimum absolute atomic E-state index is 0. The van der Waals surface area contributed by atoms with Crippen LogP contribution in [0.5, 0.6) is 0 Å². The third kappa shape index (κ3) is 7.08. The Kier molecular flexibility index (Phi) is 13.8. The van der Waals surface area contributed by atoms with Crippen LogP contribution in [0.1, 0.15) is 125 Å². The smallest absolute Gasteiger partial charge is 0.232 e. The number of nitrogens with zero attached hydrogens (tertiary/aromatic N) is 1. The van der Waals surface area contributed by atoms with Gasteiger partial charge < -0.3 is 0 Å². The maximum absolute atomic E-state index is 12.8. The van der Waals surface area contributed by atoms with E-state index in [4.69, 9.17) is 0 Å². The van der Waals surface area contributed by atoms with Crippen LogP contribution in [0.25, 0.3) is 0 Å². The Hall–Kier alpha value is -0.362. The summed E-state index contributed by atoms with van der Waals surface area (Å²) < 4.78 is 2.18. The van der Waals surface area contributed by atoms with Gasteiger partial charge in [0.15, 0.2) is 0 Å². The fourth-order valence-corrected chi connectivity index (χ4v) is 6.99. The maximum atomic E-state index is 12.8. The first-order chi connectivity index (χ1) is 13.3. The molecular formula is C25H47NORfSSb. The summed E-state index contributed by atoms with van der Waals surface area (Å²) in [5.41, 5.74) is 0.610. The Labute approximate surface area is 203 Å². The third-order valence-corrected chi connectivity index (χ3v) is 9.76. The van der Waals surface area contributed by atoms with Crippen molar-refractivity contribution in [3.63, 3.8) is 0 Å². The first-order valence-electron chi connectivity index (χ1n) is 12.3. The Bertz CT molecular complexity index is 490. The molecule has 1 aliphatic carbocycles. The number of carbonyl (C=O) groups excluding carboxylic acids is 1. The summed E-state index contributed by atoms with van der Waals surface area (Å²) in [5, 5.41) is 0. The van der Waals surface area contributed by atoms with Crippen molar-refractivity contribution in [2.75, 3.05) is 5.75 Å². The number of carbonyl (C=O) groups is 1. The molecule has 3 radical (unpaired) electrons. The predicted octanol–water partition coefficient (Wildman–Crippen LogP) is 7.63. The van der Waals surface area contributed by atoms with Gasteiger partial charge in [-0.1, -0.05) is 105 Å². The number of rotatable bonds is 13. The zero-order chi connectivity index (χ0) is 20.6. The summed E-state index contributed by atoms with van der Waals surface area (Å²) in [4.78, 5) is 12.8. The van der Waals surface area contributed by atoms with Gasteiger partial charge in [0.2, 0.25) is 5.91 Å². The Morgan fingerprint density at radius 3 is 1.87 bits per heavy atom. The van der Waals surface area contributed by atoms with Gasteiger partial charge in [-0.25, -0.2) is 0 Å². The molecule has 5 heteroatoms. The molecule has 1 aliphatic heterocycles. The largest absolute Gasteiger partial charge is 0.283 e. The van der Waals surface area contributed by atoms with Gasteiger partial charge in [-0.2, -0.15) is 0 Å². The van der Waals surface area contributed by atoms with Crippen molar-refractivity contribution in [3.05, 3.63) is 0 Å². The second-order valence-corrected chi connectivity index (χ2v) is 11.4. The van der Waals surface area contributed by atoms with Crippen LogP contribution in [0.3, 0.4) is 0 Å². The van der Waals surface area contributed by atoms with Crippen LogP contribution in [-0.4, -0.2) is 46.4 Å². The molecule has 1 saturated carbocycles. The summed E-state index contributed by atoms with van der Waals surface area (Å²) in [6, 6.07) is 0.451. The van der Waals surface area contributed by atoms with Crippen molar-refractivity contribution < 1.29 is 4.79 Å². The van der Waals surface area contributed by atoms with Crippen molar-refractivity contribution in [1.29, 1.82) is 0 Å². The summed E-state index contributed by atoms with van der Waals surface area (Å²) in [6.07, 6.45) is 18.2. The summed E-state index contributed by atoms with van der Waals surface area (Å²) in [7, 11) is 0. The van der Waals surface area contributed by atoms with E-state index in [1.807, 2.05) is 11.9 Å². The van der Waals surface area contributed by atoms with Crippen molar-refractivity contribution in [2.45, 2.75) is 131 Å². The molecular weight excluding hydrogens is 751 g/mol. The molecule has 2 aliphatic rings. The predicted molar refractivity (Wildman–Crippen MR) is 130 cm³/mol. The standard InChI is InChI=1S/C25H47NOS.Rf.Sb/c1-6-7-8-9-10-11-12-13-14-15-16-17-18-23(27)26-22-19-21(2)24(3,4)25(22,5)20-28-26;;/h21-22H,6-20H2,1-5H3;;. The van der Waals surface area contributed by atoms with Crippen molar-refractivity contribution in [3.8, 4) is 0 Å². The molecule has 30 heavy (non-hydrogen) atoms. The number of unbranched alkanes of at least 4 members (excludes halogenated alkanes) is 11. The van der Waals surface area contributed by atoms with E-state index in [9.17, 15) is 4.79 Å². The number of fused-ring (bicyclic) bond motifs is 1. The third-order valence-electron chi connectivity index (χ3n) is 8.29. The normalized spacial score (nSPS) is 26.8. The second-order valence-electron chi connectivity index (χ2n) is 10.4. The fourth-order valence-electron chi connectivity index (χ4n) is 5.29. The molecule has 1 heterocycles. The molecule has 3 unspecified atom stereocenters. The molecule has 2 fully saturated rings. The Balaban J connectivity index is 0.00000420. The van der Waals surface area contributed by atoms with E-state index < -0.39 is 0 Å². The topological polar surface area (TPSA) is 20.3 Å². The number of hydrogen-bond donors (Lipinski definition) is 0. The van der Waals surface area contributed by atoms with Crippen LogP contribution in [0, 0.1) is 16.7 Å². The average Bonchev–Trinajstić information content (AvgIpc) is 3.08. The van der Waals surface area contributed by atoms with Gasteiger partial charge in [0, 0.05) is 42.0 Å². The Morgan fingerprint density at radius 2 is 1.37 bits per heavy atom. The van der Waals surface area contributed by atoms with E-state index in [1.165, 1.54) is 77.0 Å². The summed E-state index contributed by atoms with van der Waals surface area (Å²) >= 11 is 1.81. The van der Waals surface area contributed by atoms with Gasteiger partial charge >= 0.3 is 0 Å². The van der Waals surface area contributed by atoms with Gasteiger partial charge in [0.1, 0.15) is 0 Å². The van der Waals surface area contributed by atoms with E-state index in [1.54, 1.807) is 0 Å². The van der Waals surface area contributed by atoms with Crippen LogP contribution in [0.15, 0.2) is 0 Å². The quantitative estimate of drug-likeness (QED) is 0.109. The van der Waals surface area contributed by atoms with Gasteiger partial charge in [-0.3, -0.25) is 9.10 Å². The summed E-state index contributed by atoms with van der Waals surface area (Å²) in [5.74, 6) is 2.21. The van der Waals surface area contributed by atoms with E-state index in [2.05, 4.69) is 38.9 Å². The van der Waals surface area contributed by atoms with Crippen molar-refractivity contribution >= 4 is 42.3 Å². The molecule has 0 aromatic rings. The van der Waals surface area contributed by atoms with Crippen LogP contribution in [-0.2, 0) is 4.79 Å². The van der Waals surface area contributed by atoms with E-state index in [0.717, 1.165) is 18.6 Å². The van der Waals surface area contributed by atoms with Gasteiger partial charge in [-0.15, -0.1) is 0 Å². The van der Waals surface area contributed by atoms with Gasteiger partial charge in [0.05, 0.1) is 6.04 Å². The summed E-state index contributed by atoms with van der Waals surface area (Å²) in [6.45, 7) is 11.9. The fraction of sp³-hybridized carbons (Fsp3) is 0.960. The molecule has 0 aromatic carbocycles. The number of amides is 1. The molecule has 0 aromatic heterocycles. The second kappa shape index (κ2) is 13.9. The van der Waals surface area contributed by atoms with Gasteiger partial charge in [-0.05, 0) is 36.1 Å². The van der Waals surface area contributed by atoms with E-state index >= 15 is 0 Å². The van der Waals surface area contributed by atoms with Crippen LogP contribution in [0.4, 0.5) is 0 Å². The van der Waals surface area contributed by atoms with Crippen LogP contribution in [0.2, 0.25) is 0 Å². The molecule has 3 atom stereocenters.